The third-order valence-corrected chi connectivity index (χ3v) is 6.50. The molecule has 0 aromatic heterocycles. The van der Waals surface area contributed by atoms with Gasteiger partial charge in [0.15, 0.2) is 11.5 Å². The number of amides is 1. The first-order chi connectivity index (χ1) is 13.9. The number of sulfonamides is 1. The molecule has 2 N–H and O–H groups in total. The van der Waals surface area contributed by atoms with Crippen molar-refractivity contribution in [2.24, 2.45) is 5.92 Å². The van der Waals surface area contributed by atoms with E-state index >= 15 is 0 Å². The third-order valence-electron chi connectivity index (χ3n) is 5.12. The van der Waals surface area contributed by atoms with Crippen LogP contribution in [-0.4, -0.2) is 33.6 Å². The average molecular weight is 416 g/mol. The molecule has 4 rings (SSSR count). The fraction of sp³-hybridized carbons (Fsp3) is 0.381. The molecule has 8 heteroatoms. The minimum Gasteiger partial charge on any atom is -0.490 e. The van der Waals surface area contributed by atoms with Gasteiger partial charge in [-0.25, -0.2) is 8.42 Å². The van der Waals surface area contributed by atoms with E-state index in [4.69, 9.17) is 9.47 Å². The number of carbonyl (C=O) groups excluding carboxylic acids is 1. The monoisotopic (exact) mass is 416 g/mol. The summed E-state index contributed by atoms with van der Waals surface area (Å²) in [7, 11) is -3.80. The lowest BCUT2D eigenvalue weighted by Crippen LogP contribution is -2.33. The van der Waals surface area contributed by atoms with Gasteiger partial charge in [0, 0.05) is 29.8 Å². The Morgan fingerprint density at radius 1 is 1.03 bits per heavy atom. The van der Waals surface area contributed by atoms with Crippen molar-refractivity contribution in [2.45, 2.75) is 37.1 Å². The average Bonchev–Trinajstić information content (AvgIpc) is 3.54. The smallest absolute Gasteiger partial charge is 0.262 e. The number of anilines is 1. The number of nitrogens with one attached hydrogen (secondary N) is 2. The van der Waals surface area contributed by atoms with E-state index in [9.17, 15) is 13.2 Å². The van der Waals surface area contributed by atoms with Crippen LogP contribution < -0.4 is 19.5 Å². The van der Waals surface area contributed by atoms with Crippen LogP contribution in [0.3, 0.4) is 0 Å². The number of rotatable bonds is 6. The van der Waals surface area contributed by atoms with Gasteiger partial charge < -0.3 is 14.8 Å². The second-order valence-electron chi connectivity index (χ2n) is 7.44. The Bertz CT molecular complexity index is 1000. The van der Waals surface area contributed by atoms with Gasteiger partial charge in [-0.05, 0) is 62.1 Å². The molecule has 1 amide bonds. The molecule has 1 aliphatic carbocycles. The normalized spacial score (nSPS) is 17.1. The van der Waals surface area contributed by atoms with Gasteiger partial charge in [0.1, 0.15) is 0 Å². The minimum absolute atomic E-state index is 0.0850. The molecular weight excluding hydrogens is 392 g/mol. The maximum Gasteiger partial charge on any atom is 0.262 e. The molecule has 2 aromatic rings. The van der Waals surface area contributed by atoms with Crippen LogP contribution >= 0.6 is 0 Å². The highest BCUT2D eigenvalue weighted by Crippen LogP contribution is 2.33. The summed E-state index contributed by atoms with van der Waals surface area (Å²) in [6.45, 7) is 3.02. The first-order valence-electron chi connectivity index (χ1n) is 9.76. The Morgan fingerprint density at radius 2 is 1.72 bits per heavy atom. The lowest BCUT2D eigenvalue weighted by molar-refractivity contribution is 0.0936. The van der Waals surface area contributed by atoms with Gasteiger partial charge in [0.25, 0.3) is 15.9 Å². The van der Waals surface area contributed by atoms with Crippen molar-refractivity contribution in [1.29, 1.82) is 0 Å². The summed E-state index contributed by atoms with van der Waals surface area (Å²) in [5, 5.41) is 2.98. The highest BCUT2D eigenvalue weighted by Gasteiger charge is 2.29. The lowest BCUT2D eigenvalue weighted by atomic mass is 10.1. The van der Waals surface area contributed by atoms with E-state index in [1.54, 1.807) is 30.3 Å². The van der Waals surface area contributed by atoms with E-state index in [1.165, 1.54) is 12.1 Å². The maximum absolute atomic E-state index is 12.7. The standard InChI is InChI=1S/C21H24N2O5S/c1-14(15-3-4-15)22-21(24)16-5-7-17(8-6-16)23-29(25,26)18-9-10-19-20(13-18)28-12-2-11-27-19/h5-10,13-15,23H,2-4,11-12H2,1H3,(H,22,24)/t14-/m1/s1. The number of ether oxygens (including phenoxy) is 2. The molecule has 7 nitrogen and oxygen atoms in total. The molecule has 1 aliphatic heterocycles. The van der Waals surface area contributed by atoms with Crippen LogP contribution in [0.2, 0.25) is 0 Å². The Morgan fingerprint density at radius 3 is 2.41 bits per heavy atom. The molecule has 1 heterocycles. The van der Waals surface area contributed by atoms with Gasteiger partial charge in [-0.2, -0.15) is 0 Å². The van der Waals surface area contributed by atoms with Gasteiger partial charge in [-0.15, -0.1) is 0 Å². The number of fused-ring (bicyclic) bond motifs is 1. The summed E-state index contributed by atoms with van der Waals surface area (Å²) in [4.78, 5) is 12.4. The van der Waals surface area contributed by atoms with Crippen molar-refractivity contribution >= 4 is 21.6 Å². The largest absolute Gasteiger partial charge is 0.490 e. The predicted molar refractivity (Wildman–Crippen MR) is 109 cm³/mol. The van der Waals surface area contributed by atoms with E-state index < -0.39 is 10.0 Å². The molecule has 0 unspecified atom stereocenters. The first kappa shape index (κ1) is 19.6. The summed E-state index contributed by atoms with van der Waals surface area (Å²) in [5.41, 5.74) is 0.875. The number of hydrogen-bond acceptors (Lipinski definition) is 5. The summed E-state index contributed by atoms with van der Waals surface area (Å²) in [6, 6.07) is 11.1. The maximum atomic E-state index is 12.7. The molecule has 2 aliphatic rings. The third kappa shape index (κ3) is 4.64. The fourth-order valence-electron chi connectivity index (χ4n) is 3.22. The molecule has 0 bridgehead atoms. The van der Waals surface area contributed by atoms with Crippen molar-refractivity contribution in [3.8, 4) is 11.5 Å². The quantitative estimate of drug-likeness (QED) is 0.754. The van der Waals surface area contributed by atoms with Gasteiger partial charge >= 0.3 is 0 Å². The van der Waals surface area contributed by atoms with Crippen LogP contribution in [0.1, 0.15) is 36.5 Å². The van der Waals surface area contributed by atoms with Crippen LogP contribution in [0.15, 0.2) is 47.4 Å². The van der Waals surface area contributed by atoms with E-state index in [2.05, 4.69) is 10.0 Å². The van der Waals surface area contributed by atoms with E-state index in [-0.39, 0.29) is 16.8 Å². The number of hydrogen-bond donors (Lipinski definition) is 2. The van der Waals surface area contributed by atoms with Crippen LogP contribution in [0.25, 0.3) is 0 Å². The molecule has 0 radical (unpaired) electrons. The second-order valence-corrected chi connectivity index (χ2v) is 9.12. The Hall–Kier alpha value is -2.74. The summed E-state index contributed by atoms with van der Waals surface area (Å²) < 4.78 is 39.1. The Balaban J connectivity index is 1.45. The minimum atomic E-state index is -3.80. The van der Waals surface area contributed by atoms with Crippen molar-refractivity contribution < 1.29 is 22.7 Å². The van der Waals surface area contributed by atoms with Gasteiger partial charge in [-0.1, -0.05) is 0 Å². The zero-order valence-electron chi connectivity index (χ0n) is 16.2. The molecule has 29 heavy (non-hydrogen) atoms. The molecular formula is C21H24N2O5S. The van der Waals surface area contributed by atoms with Gasteiger partial charge in [0.05, 0.1) is 18.1 Å². The molecule has 1 fully saturated rings. The topological polar surface area (TPSA) is 93.7 Å². The molecule has 154 valence electrons. The van der Waals surface area contributed by atoms with Crippen LogP contribution in [0.4, 0.5) is 5.69 Å². The van der Waals surface area contributed by atoms with E-state index in [1.807, 2.05) is 6.92 Å². The number of benzene rings is 2. The fourth-order valence-corrected chi connectivity index (χ4v) is 4.29. The van der Waals surface area contributed by atoms with Crippen molar-refractivity contribution in [1.82, 2.24) is 5.32 Å². The van der Waals surface area contributed by atoms with Gasteiger partial charge in [-0.3, -0.25) is 9.52 Å². The van der Waals surface area contributed by atoms with Crippen molar-refractivity contribution in [2.75, 3.05) is 17.9 Å². The van der Waals surface area contributed by atoms with E-state index in [0.29, 0.717) is 41.9 Å². The lowest BCUT2D eigenvalue weighted by Gasteiger charge is -2.14. The molecule has 1 atom stereocenters. The summed E-state index contributed by atoms with van der Waals surface area (Å²) in [5.74, 6) is 1.38. The summed E-state index contributed by atoms with van der Waals surface area (Å²) in [6.07, 6.45) is 3.05. The zero-order chi connectivity index (χ0) is 20.4. The Kier molecular flexibility index (Phi) is 5.36. The second kappa shape index (κ2) is 7.94. The van der Waals surface area contributed by atoms with Crippen LogP contribution in [0.5, 0.6) is 11.5 Å². The SMILES string of the molecule is C[C@@H](NC(=O)c1ccc(NS(=O)(=O)c2ccc3c(c2)OCCCO3)cc1)C1CC1. The molecule has 1 saturated carbocycles. The van der Waals surface area contributed by atoms with Crippen LogP contribution in [-0.2, 0) is 10.0 Å². The number of carbonyl (C=O) groups is 1. The van der Waals surface area contributed by atoms with Crippen LogP contribution in [0, 0.1) is 5.92 Å². The van der Waals surface area contributed by atoms with E-state index in [0.717, 1.165) is 19.3 Å². The zero-order valence-corrected chi connectivity index (χ0v) is 17.0. The first-order valence-corrected chi connectivity index (χ1v) is 11.2. The summed E-state index contributed by atoms with van der Waals surface area (Å²) >= 11 is 0. The Labute approximate surface area is 170 Å². The van der Waals surface area contributed by atoms with Crippen molar-refractivity contribution in [3.05, 3.63) is 48.0 Å². The molecule has 0 saturated heterocycles. The molecule has 2 aromatic carbocycles. The highest BCUT2D eigenvalue weighted by molar-refractivity contribution is 7.92. The van der Waals surface area contributed by atoms with Crippen molar-refractivity contribution in [3.63, 3.8) is 0 Å². The van der Waals surface area contributed by atoms with Gasteiger partial charge in [0.2, 0.25) is 0 Å². The highest BCUT2D eigenvalue weighted by atomic mass is 32.2. The predicted octanol–water partition coefficient (Wildman–Crippen LogP) is 3.18. The molecule has 0 spiro atoms.